The van der Waals surface area contributed by atoms with E-state index < -0.39 is 5.91 Å². The molecule has 6 heteroatoms. The summed E-state index contributed by atoms with van der Waals surface area (Å²) >= 11 is 1.45. The van der Waals surface area contributed by atoms with E-state index in [1.54, 1.807) is 6.07 Å². The standard InChI is InChI=1S/C22H21N3O2S/c1-2-11-27-19-9-5-3-7-15(19)12-16(13-23)21(26)25-22-18(14-24)17-8-4-6-10-20(17)28-22/h3,5,7,9,12H,2,4,6,8,10-11H2,1H3,(H,25,26)/b16-12+. The van der Waals surface area contributed by atoms with E-state index in [1.807, 2.05) is 31.2 Å². The van der Waals surface area contributed by atoms with Crippen LogP contribution in [0.25, 0.3) is 6.08 Å². The first-order chi connectivity index (χ1) is 13.7. The summed E-state index contributed by atoms with van der Waals surface area (Å²) in [5.74, 6) is 0.122. The summed E-state index contributed by atoms with van der Waals surface area (Å²) < 4.78 is 5.69. The molecule has 0 bridgehead atoms. The molecule has 1 amide bonds. The van der Waals surface area contributed by atoms with Crippen molar-refractivity contribution in [2.24, 2.45) is 0 Å². The monoisotopic (exact) mass is 391 g/mol. The smallest absolute Gasteiger partial charge is 0.266 e. The molecule has 3 rings (SSSR count). The third-order valence-electron chi connectivity index (χ3n) is 4.56. The Hall–Kier alpha value is -3.09. The van der Waals surface area contributed by atoms with Crippen molar-refractivity contribution in [2.75, 3.05) is 11.9 Å². The lowest BCUT2D eigenvalue weighted by molar-refractivity contribution is -0.112. The maximum Gasteiger partial charge on any atom is 0.266 e. The van der Waals surface area contributed by atoms with Crippen LogP contribution in [0, 0.1) is 22.7 Å². The van der Waals surface area contributed by atoms with Gasteiger partial charge in [-0.25, -0.2) is 0 Å². The number of carbonyl (C=O) groups excluding carboxylic acids is 1. The average Bonchev–Trinajstić information content (AvgIpc) is 3.07. The zero-order valence-electron chi connectivity index (χ0n) is 15.7. The van der Waals surface area contributed by atoms with Gasteiger partial charge in [0, 0.05) is 10.4 Å². The van der Waals surface area contributed by atoms with Gasteiger partial charge in [0.15, 0.2) is 0 Å². The number of hydrogen-bond donors (Lipinski definition) is 1. The molecule has 0 fully saturated rings. The quantitative estimate of drug-likeness (QED) is 0.564. The second-order valence-corrected chi connectivity index (χ2v) is 7.64. The average molecular weight is 391 g/mol. The van der Waals surface area contributed by atoms with E-state index in [0.29, 0.717) is 28.5 Å². The van der Waals surface area contributed by atoms with Crippen LogP contribution in [0.2, 0.25) is 0 Å². The van der Waals surface area contributed by atoms with Gasteiger partial charge in [0.05, 0.1) is 12.2 Å². The Balaban J connectivity index is 1.86. The normalized spacial score (nSPS) is 13.2. The predicted molar refractivity (Wildman–Crippen MR) is 110 cm³/mol. The van der Waals surface area contributed by atoms with Crippen molar-refractivity contribution in [3.63, 3.8) is 0 Å². The zero-order chi connectivity index (χ0) is 19.9. The Labute approximate surface area is 168 Å². The fraction of sp³-hybridized carbons (Fsp3) is 0.318. The van der Waals surface area contributed by atoms with Crippen LogP contribution in [0.3, 0.4) is 0 Å². The highest BCUT2D eigenvalue weighted by molar-refractivity contribution is 7.16. The SMILES string of the molecule is CCCOc1ccccc1/C=C(\C#N)C(=O)Nc1sc2c(c1C#N)CCCC2. The van der Waals surface area contributed by atoms with Crippen LogP contribution in [-0.2, 0) is 17.6 Å². The molecule has 1 aliphatic rings. The van der Waals surface area contributed by atoms with Crippen LogP contribution in [-0.4, -0.2) is 12.5 Å². The Morgan fingerprint density at radius 2 is 2.07 bits per heavy atom. The van der Waals surface area contributed by atoms with Crippen LogP contribution in [0.5, 0.6) is 5.75 Å². The maximum absolute atomic E-state index is 12.7. The van der Waals surface area contributed by atoms with Gasteiger partial charge in [-0.15, -0.1) is 11.3 Å². The van der Waals surface area contributed by atoms with Crippen molar-refractivity contribution in [3.8, 4) is 17.9 Å². The van der Waals surface area contributed by atoms with Gasteiger partial charge in [-0.05, 0) is 49.8 Å². The van der Waals surface area contributed by atoms with Crippen LogP contribution in [0.1, 0.15) is 47.8 Å². The molecule has 1 heterocycles. The number of fused-ring (bicyclic) bond motifs is 1. The number of anilines is 1. The molecule has 2 aromatic rings. The van der Waals surface area contributed by atoms with Crippen molar-refractivity contribution in [1.29, 1.82) is 10.5 Å². The number of benzene rings is 1. The van der Waals surface area contributed by atoms with Gasteiger partial charge in [-0.2, -0.15) is 10.5 Å². The molecule has 1 aromatic heterocycles. The number of carbonyl (C=O) groups is 1. The number of nitriles is 2. The summed E-state index contributed by atoms with van der Waals surface area (Å²) in [5.41, 5.74) is 2.24. The molecule has 0 saturated heterocycles. The maximum atomic E-state index is 12.7. The topological polar surface area (TPSA) is 85.9 Å². The number of thiophene rings is 1. The van der Waals surface area contributed by atoms with Crippen molar-refractivity contribution in [3.05, 3.63) is 51.4 Å². The first kappa shape index (κ1) is 19.7. The summed E-state index contributed by atoms with van der Waals surface area (Å²) in [4.78, 5) is 13.9. The Kier molecular flexibility index (Phi) is 6.47. The molecule has 0 atom stereocenters. The van der Waals surface area contributed by atoms with E-state index in [9.17, 15) is 15.3 Å². The molecule has 0 saturated carbocycles. The number of aryl methyl sites for hydroxylation is 1. The highest BCUT2D eigenvalue weighted by Gasteiger charge is 2.22. The lowest BCUT2D eigenvalue weighted by Crippen LogP contribution is -2.13. The molecule has 5 nitrogen and oxygen atoms in total. The molecule has 28 heavy (non-hydrogen) atoms. The summed E-state index contributed by atoms with van der Waals surface area (Å²) in [6.45, 7) is 2.57. The summed E-state index contributed by atoms with van der Waals surface area (Å²) in [7, 11) is 0. The Morgan fingerprint density at radius 1 is 1.29 bits per heavy atom. The van der Waals surface area contributed by atoms with Gasteiger partial charge in [-0.1, -0.05) is 25.1 Å². The van der Waals surface area contributed by atoms with E-state index in [2.05, 4.69) is 11.4 Å². The zero-order valence-corrected chi connectivity index (χ0v) is 16.6. The Bertz CT molecular complexity index is 992. The summed E-state index contributed by atoms with van der Waals surface area (Å²) in [6.07, 6.45) is 6.36. The fourth-order valence-corrected chi connectivity index (χ4v) is 4.42. The molecular weight excluding hydrogens is 370 g/mol. The third kappa shape index (κ3) is 4.24. The number of ether oxygens (including phenoxy) is 1. The summed E-state index contributed by atoms with van der Waals surface area (Å²) in [5, 5.41) is 22.4. The predicted octanol–water partition coefficient (Wildman–Crippen LogP) is 4.83. The van der Waals surface area contributed by atoms with Gasteiger partial charge >= 0.3 is 0 Å². The van der Waals surface area contributed by atoms with E-state index in [1.165, 1.54) is 22.3 Å². The minimum absolute atomic E-state index is 0.0252. The third-order valence-corrected chi connectivity index (χ3v) is 5.76. The van der Waals surface area contributed by atoms with Crippen LogP contribution >= 0.6 is 11.3 Å². The Morgan fingerprint density at radius 3 is 2.82 bits per heavy atom. The lowest BCUT2D eigenvalue weighted by atomic mass is 9.96. The minimum atomic E-state index is -0.511. The number of rotatable bonds is 6. The first-order valence-corrected chi connectivity index (χ1v) is 10.2. The van der Waals surface area contributed by atoms with Crippen LogP contribution in [0.15, 0.2) is 29.8 Å². The minimum Gasteiger partial charge on any atom is -0.493 e. The second-order valence-electron chi connectivity index (χ2n) is 6.54. The van der Waals surface area contributed by atoms with Gasteiger partial charge in [0.25, 0.3) is 5.91 Å². The molecular formula is C22H21N3O2S. The van der Waals surface area contributed by atoms with Crippen molar-refractivity contribution >= 4 is 28.3 Å². The molecule has 0 unspecified atom stereocenters. The highest BCUT2D eigenvalue weighted by atomic mass is 32.1. The lowest BCUT2D eigenvalue weighted by Gasteiger charge is -2.09. The van der Waals surface area contributed by atoms with E-state index in [-0.39, 0.29) is 5.57 Å². The van der Waals surface area contributed by atoms with Crippen LogP contribution in [0.4, 0.5) is 5.00 Å². The molecule has 0 aliphatic heterocycles. The summed E-state index contributed by atoms with van der Waals surface area (Å²) in [6, 6.07) is 11.5. The fourth-order valence-electron chi connectivity index (χ4n) is 3.19. The number of nitrogens with one attached hydrogen (secondary N) is 1. The van der Waals surface area contributed by atoms with E-state index in [0.717, 1.165) is 37.7 Å². The van der Waals surface area contributed by atoms with Gasteiger partial charge < -0.3 is 10.1 Å². The van der Waals surface area contributed by atoms with Gasteiger partial charge in [0.2, 0.25) is 0 Å². The number of para-hydroxylation sites is 1. The number of amides is 1. The van der Waals surface area contributed by atoms with E-state index >= 15 is 0 Å². The molecule has 142 valence electrons. The second kappa shape index (κ2) is 9.21. The molecule has 1 aliphatic carbocycles. The number of hydrogen-bond acceptors (Lipinski definition) is 5. The van der Waals surface area contributed by atoms with E-state index in [4.69, 9.17) is 4.74 Å². The van der Waals surface area contributed by atoms with Crippen molar-refractivity contribution in [2.45, 2.75) is 39.0 Å². The molecule has 0 radical (unpaired) electrons. The number of nitrogens with zero attached hydrogens (tertiary/aromatic N) is 2. The first-order valence-electron chi connectivity index (χ1n) is 9.37. The van der Waals surface area contributed by atoms with Gasteiger partial charge in [-0.3, -0.25) is 4.79 Å². The largest absolute Gasteiger partial charge is 0.493 e. The highest BCUT2D eigenvalue weighted by Crippen LogP contribution is 2.37. The van der Waals surface area contributed by atoms with Crippen LogP contribution < -0.4 is 10.1 Å². The molecule has 1 aromatic carbocycles. The van der Waals surface area contributed by atoms with Crippen molar-refractivity contribution < 1.29 is 9.53 Å². The van der Waals surface area contributed by atoms with Crippen molar-refractivity contribution in [1.82, 2.24) is 0 Å². The molecule has 1 N–H and O–H groups in total. The van der Waals surface area contributed by atoms with Gasteiger partial charge in [0.1, 0.15) is 28.5 Å². The molecule has 0 spiro atoms.